The quantitative estimate of drug-likeness (QED) is 0.406. The average molecular weight is 118 g/mol. The molecule has 0 rings (SSSR count). The van der Waals surface area contributed by atoms with Gasteiger partial charge in [-0.15, -0.1) is 0 Å². The first-order chi connectivity index (χ1) is 3.31. The van der Waals surface area contributed by atoms with Crippen LogP contribution in [0.25, 0.3) is 0 Å². The van der Waals surface area contributed by atoms with E-state index in [-0.39, 0.29) is 0 Å². The zero-order valence-corrected chi connectivity index (χ0v) is 5.43. The van der Waals surface area contributed by atoms with Crippen LogP contribution in [0.2, 0.25) is 0 Å². The smallest absolute Gasteiger partial charge is 0.0892 e. The molecular weight excluding hydrogens is 108 g/mol. The molecule has 0 atom stereocenters. The van der Waals surface area contributed by atoms with Crippen LogP contribution in [0.4, 0.5) is 0 Å². The van der Waals surface area contributed by atoms with Crippen LogP contribution in [0.3, 0.4) is 0 Å². The average Bonchev–Trinajstić information content (AvgIpc) is 1.68. The van der Waals surface area contributed by atoms with Crippen LogP contribution in [-0.2, 0) is 0 Å². The molecule has 3 heteroatoms. The van der Waals surface area contributed by atoms with Crippen molar-refractivity contribution in [2.75, 3.05) is 7.05 Å². The molecule has 0 fully saturated rings. The zero-order chi connectivity index (χ0) is 5.70. The van der Waals surface area contributed by atoms with Crippen molar-refractivity contribution in [3.63, 3.8) is 0 Å². The normalized spacial score (nSPS) is 8.29. The summed E-state index contributed by atoms with van der Waals surface area (Å²) in [5.74, 6) is 0. The molecule has 0 radical (unpaired) electrons. The van der Waals surface area contributed by atoms with Gasteiger partial charge in [0.2, 0.25) is 0 Å². The van der Waals surface area contributed by atoms with Crippen molar-refractivity contribution in [3.05, 3.63) is 0 Å². The molecule has 42 valence electrons. The van der Waals surface area contributed by atoms with Crippen LogP contribution in [0, 0.1) is 0 Å². The van der Waals surface area contributed by atoms with E-state index < -0.39 is 0 Å². The van der Waals surface area contributed by atoms with Crippen LogP contribution in [0.5, 0.6) is 0 Å². The van der Waals surface area contributed by atoms with Gasteiger partial charge in [-0.1, -0.05) is 19.1 Å². The topological polar surface area (TPSA) is 24.1 Å². The first-order valence-electron chi connectivity index (χ1n) is 2.26. The van der Waals surface area contributed by atoms with Crippen molar-refractivity contribution in [1.82, 2.24) is 10.9 Å². The molecule has 0 aliphatic carbocycles. The van der Waals surface area contributed by atoms with E-state index in [1.165, 1.54) is 0 Å². The Morgan fingerprint density at radius 1 is 1.71 bits per heavy atom. The summed E-state index contributed by atoms with van der Waals surface area (Å²) >= 11 is 4.78. The molecule has 0 spiro atoms. The van der Waals surface area contributed by atoms with E-state index in [0.717, 1.165) is 11.4 Å². The van der Waals surface area contributed by atoms with Crippen molar-refractivity contribution in [2.45, 2.75) is 13.3 Å². The second-order valence-corrected chi connectivity index (χ2v) is 1.64. The highest BCUT2D eigenvalue weighted by Gasteiger charge is 1.82. The maximum atomic E-state index is 4.78. The summed E-state index contributed by atoms with van der Waals surface area (Å²) < 4.78 is 0. The van der Waals surface area contributed by atoms with Crippen LogP contribution in [0.1, 0.15) is 13.3 Å². The van der Waals surface area contributed by atoms with Crippen LogP contribution < -0.4 is 10.9 Å². The van der Waals surface area contributed by atoms with Gasteiger partial charge in [-0.05, 0) is 6.42 Å². The van der Waals surface area contributed by atoms with Crippen molar-refractivity contribution >= 4 is 17.2 Å². The lowest BCUT2D eigenvalue weighted by molar-refractivity contribution is 0.766. The maximum Gasteiger partial charge on any atom is 0.0892 e. The second kappa shape index (κ2) is 4.02. The lowest BCUT2D eigenvalue weighted by Crippen LogP contribution is -2.32. The predicted molar refractivity (Wildman–Crippen MR) is 35.1 cm³/mol. The fourth-order valence-electron chi connectivity index (χ4n) is 0.228. The first-order valence-corrected chi connectivity index (χ1v) is 2.67. The lowest BCUT2D eigenvalue weighted by Gasteiger charge is -1.99. The van der Waals surface area contributed by atoms with Crippen molar-refractivity contribution in [3.8, 4) is 0 Å². The van der Waals surface area contributed by atoms with E-state index in [0.29, 0.717) is 0 Å². The third-order valence-electron chi connectivity index (χ3n) is 0.586. The van der Waals surface area contributed by atoms with E-state index in [1.807, 2.05) is 6.92 Å². The van der Waals surface area contributed by atoms with Gasteiger partial charge < -0.3 is 5.43 Å². The molecule has 0 saturated carbocycles. The van der Waals surface area contributed by atoms with E-state index in [2.05, 4.69) is 10.9 Å². The van der Waals surface area contributed by atoms with E-state index in [1.54, 1.807) is 7.05 Å². The minimum absolute atomic E-state index is 0.850. The molecule has 0 aromatic rings. The summed E-state index contributed by atoms with van der Waals surface area (Å²) in [6.45, 7) is 2.01. The molecule has 0 amide bonds. The van der Waals surface area contributed by atoms with Gasteiger partial charge in [0.25, 0.3) is 0 Å². The summed E-state index contributed by atoms with van der Waals surface area (Å²) in [7, 11) is 1.79. The summed E-state index contributed by atoms with van der Waals surface area (Å²) in [4.78, 5) is 0.850. The Labute approximate surface area is 49.3 Å². The third kappa shape index (κ3) is 3.69. The predicted octanol–water partition coefficient (Wildman–Crippen LogP) is 0.448. The summed E-state index contributed by atoms with van der Waals surface area (Å²) in [6.07, 6.45) is 0.899. The Morgan fingerprint density at radius 3 is 2.43 bits per heavy atom. The Hall–Kier alpha value is -0.150. The molecule has 2 N–H and O–H groups in total. The first kappa shape index (κ1) is 6.85. The van der Waals surface area contributed by atoms with Gasteiger partial charge >= 0.3 is 0 Å². The second-order valence-electron chi connectivity index (χ2n) is 1.15. The number of thiocarbonyl (C=S) groups is 1. The van der Waals surface area contributed by atoms with Gasteiger partial charge in [-0.2, -0.15) is 0 Å². The van der Waals surface area contributed by atoms with Crippen LogP contribution >= 0.6 is 12.2 Å². The van der Waals surface area contributed by atoms with Gasteiger partial charge in [0, 0.05) is 7.05 Å². The monoisotopic (exact) mass is 118 g/mol. The molecule has 0 heterocycles. The van der Waals surface area contributed by atoms with Crippen LogP contribution in [-0.4, -0.2) is 12.0 Å². The number of rotatable bonds is 2. The molecule has 2 nitrogen and oxygen atoms in total. The molecule has 0 aliphatic heterocycles. The maximum absolute atomic E-state index is 4.78. The summed E-state index contributed by atoms with van der Waals surface area (Å²) in [5.41, 5.74) is 5.50. The highest BCUT2D eigenvalue weighted by molar-refractivity contribution is 7.80. The number of nitrogens with one attached hydrogen (secondary N) is 2. The molecule has 0 bridgehead atoms. The molecule has 0 unspecified atom stereocenters. The number of hydrogen-bond acceptors (Lipinski definition) is 2. The Balaban J connectivity index is 3.00. The number of hydrogen-bond donors (Lipinski definition) is 2. The van der Waals surface area contributed by atoms with Crippen LogP contribution in [0.15, 0.2) is 0 Å². The van der Waals surface area contributed by atoms with Gasteiger partial charge in [0.05, 0.1) is 4.99 Å². The fourth-order valence-corrected chi connectivity index (χ4v) is 0.330. The third-order valence-corrected chi connectivity index (χ3v) is 0.976. The Bertz CT molecular complexity index is 62.7. The summed E-state index contributed by atoms with van der Waals surface area (Å²) in [6, 6.07) is 0. The molecule has 0 saturated heterocycles. The van der Waals surface area contributed by atoms with Crippen molar-refractivity contribution in [2.24, 2.45) is 0 Å². The highest BCUT2D eigenvalue weighted by atomic mass is 32.1. The lowest BCUT2D eigenvalue weighted by atomic mass is 10.5. The van der Waals surface area contributed by atoms with Gasteiger partial charge in [-0.25, -0.2) is 5.43 Å². The number of hydrazine groups is 1. The minimum atomic E-state index is 0.850. The standard InChI is InChI=1S/C4H10N2S/c1-3-4(7)6-5-2/h5H,3H2,1-2H3,(H,6,7). The molecule has 7 heavy (non-hydrogen) atoms. The van der Waals surface area contributed by atoms with Crippen molar-refractivity contribution < 1.29 is 0 Å². The fraction of sp³-hybridized carbons (Fsp3) is 0.750. The SMILES string of the molecule is CCC(=S)NNC. The molecular formula is C4H10N2S. The Morgan fingerprint density at radius 2 is 2.29 bits per heavy atom. The van der Waals surface area contributed by atoms with Gasteiger partial charge in [0.1, 0.15) is 0 Å². The molecule has 0 aromatic heterocycles. The zero-order valence-electron chi connectivity index (χ0n) is 4.62. The van der Waals surface area contributed by atoms with Gasteiger partial charge in [0.15, 0.2) is 0 Å². The largest absolute Gasteiger partial charge is 0.316 e. The van der Waals surface area contributed by atoms with E-state index in [9.17, 15) is 0 Å². The van der Waals surface area contributed by atoms with Gasteiger partial charge in [-0.3, -0.25) is 0 Å². The molecule has 0 aliphatic rings. The van der Waals surface area contributed by atoms with Crippen molar-refractivity contribution in [1.29, 1.82) is 0 Å². The molecule has 0 aromatic carbocycles. The Kier molecular flexibility index (Phi) is 3.93. The minimum Gasteiger partial charge on any atom is -0.316 e. The highest BCUT2D eigenvalue weighted by Crippen LogP contribution is 1.74. The van der Waals surface area contributed by atoms with E-state index in [4.69, 9.17) is 12.2 Å². The summed E-state index contributed by atoms with van der Waals surface area (Å²) in [5, 5.41) is 0. The van der Waals surface area contributed by atoms with E-state index >= 15 is 0 Å².